The average molecular weight is 1420 g/mol. The summed E-state index contributed by atoms with van der Waals surface area (Å²) >= 11 is 1.56. The molecule has 2 N–H and O–H groups in total. The number of carbonyl (C=O) groups excluding carboxylic acids is 3. The number of hydrogen-bond acceptors (Lipinski definition) is 10. The molecule has 0 saturated carbocycles. The number of thiazole rings is 1. The fourth-order valence-corrected chi connectivity index (χ4v) is 9.00. The highest BCUT2D eigenvalue weighted by Crippen LogP contribution is 2.19. The van der Waals surface area contributed by atoms with Crippen molar-refractivity contribution in [3.63, 3.8) is 0 Å². The number of ketones is 3. The number of nitrogens with zero attached hydrogens (tertiary/aromatic N) is 9. The Balaban J connectivity index is 0. The van der Waals surface area contributed by atoms with E-state index >= 15 is 0 Å². The van der Waals surface area contributed by atoms with Crippen molar-refractivity contribution in [1.29, 1.82) is 0 Å². The van der Waals surface area contributed by atoms with E-state index in [1.807, 2.05) is 337 Å². The van der Waals surface area contributed by atoms with Crippen LogP contribution in [0, 0.1) is 42.4 Å². The molecule has 14 nitrogen and oxygen atoms in total. The van der Waals surface area contributed by atoms with Gasteiger partial charge in [-0.1, -0.05) is 249 Å². The van der Waals surface area contributed by atoms with Crippen LogP contribution >= 0.6 is 11.3 Å². The van der Waals surface area contributed by atoms with Crippen molar-refractivity contribution in [2.45, 2.75) is 179 Å². The SMILES string of the molecule is CC.CC.CC.CC.CC.CC.CC.CC.CC.CC.CC.Cc1ncc(C#Cc2cccc(C(=O)Cc3cccc(-n4ccnc4)c3)c2)s1.O=C(Cc1cccc(-n2ccnc2)c1)c1cccc(C#Cc2cn[nH]c2)c1.O=C(Cc1cccc(-n2ccnc2)c1)c1cccc(C#Cc2cnc[nH]2)c1. The van der Waals surface area contributed by atoms with E-state index in [-0.39, 0.29) is 17.3 Å². The van der Waals surface area contributed by atoms with Crippen LogP contribution in [0.5, 0.6) is 0 Å². The molecule has 0 aliphatic carbocycles. The lowest BCUT2D eigenvalue weighted by Crippen LogP contribution is -2.04. The van der Waals surface area contributed by atoms with Gasteiger partial charge >= 0.3 is 0 Å². The molecule has 0 aliphatic heterocycles. The molecule has 0 saturated heterocycles. The quantitative estimate of drug-likeness (QED) is 0.0891. The number of rotatable bonds is 12. The monoisotopic (exact) mass is 1420 g/mol. The van der Waals surface area contributed by atoms with E-state index in [2.05, 4.69) is 75.6 Å². The third-order valence-electron chi connectivity index (χ3n) is 12.4. The lowest BCUT2D eigenvalue weighted by atomic mass is 10.0. The molecule has 6 heterocycles. The number of benzene rings is 6. The van der Waals surface area contributed by atoms with Gasteiger partial charge in [-0.05, 0) is 108 Å². The summed E-state index contributed by atoms with van der Waals surface area (Å²) in [6, 6.07) is 46.0. The second kappa shape index (κ2) is 61.5. The normalized spacial score (nSPS) is 8.72. The zero-order valence-electron chi connectivity index (χ0n) is 66.2. The van der Waals surface area contributed by atoms with Gasteiger partial charge in [0.25, 0.3) is 0 Å². The number of imidazole rings is 4. The van der Waals surface area contributed by atoms with E-state index in [0.29, 0.717) is 36.0 Å². The number of H-pyrrole nitrogens is 2. The Kier molecular flexibility index (Phi) is 56.1. The minimum absolute atomic E-state index is 0.0583. The Morgan fingerprint density at radius 1 is 0.385 bits per heavy atom. The van der Waals surface area contributed by atoms with Crippen LogP contribution in [0.15, 0.2) is 233 Å². The van der Waals surface area contributed by atoms with Crippen molar-refractivity contribution >= 4 is 28.7 Å². The van der Waals surface area contributed by atoms with Crippen LogP contribution in [0.3, 0.4) is 0 Å². The first-order valence-corrected chi connectivity index (χ1v) is 37.6. The first-order chi connectivity index (χ1) is 51.2. The van der Waals surface area contributed by atoms with E-state index in [1.54, 1.807) is 80.0 Å². The van der Waals surface area contributed by atoms with E-state index in [1.165, 1.54) is 0 Å². The molecule has 12 rings (SSSR count). The number of nitrogens with one attached hydrogen (secondary N) is 2. The maximum Gasteiger partial charge on any atom is 0.167 e. The first-order valence-electron chi connectivity index (χ1n) is 36.8. The van der Waals surface area contributed by atoms with Gasteiger partial charge in [0.05, 0.1) is 59.3 Å². The highest BCUT2D eigenvalue weighted by molar-refractivity contribution is 7.12. The van der Waals surface area contributed by atoms with Crippen LogP contribution < -0.4 is 0 Å². The summed E-state index contributed by atoms with van der Waals surface area (Å²) in [5.74, 6) is 18.5. The van der Waals surface area contributed by atoms with Crippen molar-refractivity contribution in [2.75, 3.05) is 0 Å². The summed E-state index contributed by atoms with van der Waals surface area (Å²) in [6.45, 7) is 46.0. The number of Topliss-reactive ketones (excluding diaryl/α,β-unsaturated/α-hetero) is 3. The maximum absolute atomic E-state index is 12.8. The third kappa shape index (κ3) is 35.3. The van der Waals surface area contributed by atoms with Crippen molar-refractivity contribution in [1.82, 2.24) is 53.8 Å². The lowest BCUT2D eigenvalue weighted by molar-refractivity contribution is 0.0984. The lowest BCUT2D eigenvalue weighted by Gasteiger charge is -2.06. The third-order valence-corrected chi connectivity index (χ3v) is 13.3. The largest absolute Gasteiger partial charge is 0.338 e. The Bertz CT molecular complexity index is 4120. The Morgan fingerprint density at radius 3 is 1.04 bits per heavy atom. The van der Waals surface area contributed by atoms with Crippen molar-refractivity contribution in [2.24, 2.45) is 0 Å². The van der Waals surface area contributed by atoms with E-state index in [4.69, 9.17) is 0 Å². The average Bonchev–Trinajstić information content (AvgIpc) is 0.908. The zero-order valence-corrected chi connectivity index (χ0v) is 67.0. The molecular weight excluding hydrogens is 1300 g/mol. The predicted molar refractivity (Wildman–Crippen MR) is 441 cm³/mol. The van der Waals surface area contributed by atoms with Gasteiger partial charge in [0.15, 0.2) is 17.3 Å². The second-order valence-electron chi connectivity index (χ2n) is 18.4. The number of aromatic amines is 2. The summed E-state index contributed by atoms with van der Waals surface area (Å²) in [6.07, 6.45) is 25.5. The summed E-state index contributed by atoms with van der Waals surface area (Å²) < 4.78 is 5.75. The molecule has 12 aromatic rings. The van der Waals surface area contributed by atoms with Crippen molar-refractivity contribution in [3.05, 3.63) is 304 Å². The van der Waals surface area contributed by atoms with Gasteiger partial charge in [0.2, 0.25) is 0 Å². The van der Waals surface area contributed by atoms with Gasteiger partial charge in [-0.15, -0.1) is 11.3 Å². The number of aryl methyl sites for hydroxylation is 1. The van der Waals surface area contributed by atoms with Gasteiger partial charge in [-0.2, -0.15) is 5.10 Å². The second-order valence-corrected chi connectivity index (χ2v) is 19.6. The topological polar surface area (TPSA) is 175 Å². The Labute approximate surface area is 628 Å². The molecular formula is C89H115N11O3S. The van der Waals surface area contributed by atoms with Crippen LogP contribution in [-0.2, 0) is 19.3 Å². The number of carbonyl (C=O) groups is 3. The fraction of sp³-hybridized carbons (Fsp3) is 0.292. The molecule has 0 unspecified atom stereocenters. The molecule has 6 aromatic carbocycles. The summed E-state index contributed by atoms with van der Waals surface area (Å²) in [5, 5.41) is 7.58. The molecule has 0 radical (unpaired) electrons. The summed E-state index contributed by atoms with van der Waals surface area (Å²) in [5.41, 5.74) is 11.8. The van der Waals surface area contributed by atoms with Crippen molar-refractivity contribution < 1.29 is 14.4 Å². The molecule has 0 amide bonds. The fourth-order valence-electron chi connectivity index (χ4n) is 8.37. The van der Waals surface area contributed by atoms with Crippen LogP contribution in [0.1, 0.15) is 238 Å². The van der Waals surface area contributed by atoms with Crippen LogP contribution in [0.25, 0.3) is 17.1 Å². The number of aromatic nitrogens is 11. The maximum atomic E-state index is 12.8. The molecule has 550 valence electrons. The predicted octanol–water partition coefficient (Wildman–Crippen LogP) is 22.6. The highest BCUT2D eigenvalue weighted by Gasteiger charge is 2.12. The minimum Gasteiger partial charge on any atom is -0.338 e. The Morgan fingerprint density at radius 2 is 0.731 bits per heavy atom. The summed E-state index contributed by atoms with van der Waals surface area (Å²) in [7, 11) is 0. The first kappa shape index (κ1) is 94.7. The zero-order chi connectivity index (χ0) is 78.3. The standard InChI is InChI=1S/C23H17N3OS.2C22H16N4O.11C2H6/c1-17-25-15-22(28-17)9-8-18-4-2-6-20(12-18)23(27)14-19-5-3-7-21(13-19)26-11-10-24-16-26;27-22(13-18-4-2-6-21(12-18)26-10-9-23-16-26)20-5-1-3-17(11-20)7-8-19-14-24-25-15-19;27-22(13-18-4-2-6-21(12-18)26-10-9-23-16-26)19-5-1-3-17(11-19)7-8-20-14-24-15-25-20;11*1-2/h2-7,10-13,15-16H,14H2,1H3;2*1-6,9-12,14-16H,13H2,(H,24,25);11*1-2H3. The van der Waals surface area contributed by atoms with Crippen molar-refractivity contribution in [3.8, 4) is 52.6 Å². The molecule has 0 bridgehead atoms. The molecule has 104 heavy (non-hydrogen) atoms. The highest BCUT2D eigenvalue weighted by atomic mass is 32.1. The molecule has 6 aromatic heterocycles. The Hall–Kier alpha value is -11.3. The van der Waals surface area contributed by atoms with Crippen LogP contribution in [-0.4, -0.2) is 71.2 Å². The van der Waals surface area contributed by atoms with Gasteiger partial charge in [-0.25, -0.2) is 24.9 Å². The van der Waals surface area contributed by atoms with Gasteiger partial charge < -0.3 is 18.7 Å². The number of hydrogen-bond donors (Lipinski definition) is 2. The molecule has 0 spiro atoms. The van der Waals surface area contributed by atoms with E-state index in [9.17, 15) is 14.4 Å². The molecule has 15 heteroatoms. The summed E-state index contributed by atoms with van der Waals surface area (Å²) in [4.78, 5) is 62.4. The van der Waals surface area contributed by atoms with Gasteiger partial charge in [0.1, 0.15) is 5.69 Å². The van der Waals surface area contributed by atoms with Gasteiger partial charge in [-0.3, -0.25) is 19.5 Å². The van der Waals surface area contributed by atoms with E-state index < -0.39 is 0 Å². The molecule has 0 fully saturated rings. The molecule has 0 aliphatic rings. The van der Waals surface area contributed by atoms with Crippen LogP contribution in [0.2, 0.25) is 0 Å². The van der Waals surface area contributed by atoms with Gasteiger partial charge in [0, 0.05) is 113 Å². The van der Waals surface area contributed by atoms with Crippen LogP contribution in [0.4, 0.5) is 0 Å². The van der Waals surface area contributed by atoms with E-state index in [0.717, 1.165) is 71.6 Å². The smallest absolute Gasteiger partial charge is 0.167 e. The molecule has 0 atom stereocenters. The minimum atomic E-state index is 0.0583.